The van der Waals surface area contributed by atoms with Crippen LogP contribution >= 0.6 is 0 Å². The van der Waals surface area contributed by atoms with Gasteiger partial charge in [0.1, 0.15) is 0 Å². The second-order valence-electron chi connectivity index (χ2n) is 3.81. The Morgan fingerprint density at radius 1 is 1.21 bits per heavy atom. The minimum atomic E-state index is 0.650. The fourth-order valence-corrected chi connectivity index (χ4v) is 2.06. The Kier molecular flexibility index (Phi) is 2.82. The summed E-state index contributed by atoms with van der Waals surface area (Å²) >= 11 is 0. The molecule has 0 spiro atoms. The predicted molar refractivity (Wildman–Crippen MR) is 56.0 cm³/mol. The summed E-state index contributed by atoms with van der Waals surface area (Å²) in [7, 11) is 0. The number of amides is 1. The van der Waals surface area contributed by atoms with Gasteiger partial charge in [0.2, 0.25) is 6.41 Å². The predicted octanol–water partition coefficient (Wildman–Crippen LogP) is 1.81. The van der Waals surface area contributed by atoms with Crippen LogP contribution in [0.25, 0.3) is 0 Å². The Balaban J connectivity index is 2.16. The summed E-state index contributed by atoms with van der Waals surface area (Å²) in [6.45, 7) is 0.650. The molecule has 14 heavy (non-hydrogen) atoms. The van der Waals surface area contributed by atoms with Gasteiger partial charge in [0.25, 0.3) is 0 Å². The van der Waals surface area contributed by atoms with Gasteiger partial charge < -0.3 is 5.32 Å². The quantitative estimate of drug-likeness (QED) is 0.722. The Bertz CT molecular complexity index is 333. The number of hydrogen-bond donors (Lipinski definition) is 1. The lowest BCUT2D eigenvalue weighted by atomic mass is 9.90. The third-order valence-corrected chi connectivity index (χ3v) is 2.80. The average Bonchev–Trinajstić information content (AvgIpc) is 2.26. The number of fused-ring (bicyclic) bond motifs is 1. The fraction of sp³-hybridized carbons (Fsp3) is 0.417. The van der Waals surface area contributed by atoms with Crippen LogP contribution in [0.2, 0.25) is 0 Å². The van der Waals surface area contributed by atoms with Gasteiger partial charge in [-0.2, -0.15) is 0 Å². The van der Waals surface area contributed by atoms with E-state index in [4.69, 9.17) is 0 Å². The van der Waals surface area contributed by atoms with Crippen molar-refractivity contribution in [1.29, 1.82) is 0 Å². The lowest BCUT2D eigenvalue weighted by molar-refractivity contribution is -0.109. The Morgan fingerprint density at radius 3 is 2.79 bits per heavy atom. The molecule has 0 bridgehead atoms. The van der Waals surface area contributed by atoms with Gasteiger partial charge in [-0.15, -0.1) is 0 Å². The second kappa shape index (κ2) is 4.27. The molecule has 2 heteroatoms. The lowest BCUT2D eigenvalue weighted by Crippen LogP contribution is -2.11. The Morgan fingerprint density at radius 2 is 2.00 bits per heavy atom. The Hall–Kier alpha value is -1.31. The number of carbonyl (C=O) groups excluding carboxylic acids is 1. The zero-order valence-corrected chi connectivity index (χ0v) is 8.25. The van der Waals surface area contributed by atoms with Crippen LogP contribution in [0.15, 0.2) is 18.2 Å². The number of benzene rings is 1. The minimum absolute atomic E-state index is 0.650. The van der Waals surface area contributed by atoms with E-state index >= 15 is 0 Å². The molecule has 74 valence electrons. The lowest BCUT2D eigenvalue weighted by Gasteiger charge is -2.16. The number of rotatable bonds is 3. The normalized spacial score (nSPS) is 14.6. The molecule has 1 aromatic carbocycles. The van der Waals surface area contributed by atoms with E-state index in [0.717, 1.165) is 6.41 Å². The van der Waals surface area contributed by atoms with Gasteiger partial charge in [-0.05, 0) is 42.4 Å². The monoisotopic (exact) mass is 189 g/mol. The molecule has 0 unspecified atom stereocenters. The summed E-state index contributed by atoms with van der Waals surface area (Å²) in [4.78, 5) is 10.2. The van der Waals surface area contributed by atoms with Crippen molar-refractivity contribution in [3.63, 3.8) is 0 Å². The molecular formula is C12H15NO. The van der Waals surface area contributed by atoms with Gasteiger partial charge in [-0.3, -0.25) is 4.79 Å². The first-order chi connectivity index (χ1) is 6.90. The largest absolute Gasteiger partial charge is 0.355 e. The van der Waals surface area contributed by atoms with E-state index in [1.807, 2.05) is 0 Å². The number of carbonyl (C=O) groups is 1. The van der Waals surface area contributed by atoms with Gasteiger partial charge in [-0.1, -0.05) is 18.2 Å². The maximum Gasteiger partial charge on any atom is 0.207 e. The first-order valence-corrected chi connectivity index (χ1v) is 5.18. The van der Waals surface area contributed by atoms with Gasteiger partial charge in [0, 0.05) is 6.54 Å². The van der Waals surface area contributed by atoms with Gasteiger partial charge in [0.15, 0.2) is 0 Å². The second-order valence-corrected chi connectivity index (χ2v) is 3.81. The maximum absolute atomic E-state index is 10.2. The van der Waals surface area contributed by atoms with E-state index in [1.165, 1.54) is 42.4 Å². The zero-order chi connectivity index (χ0) is 9.80. The average molecular weight is 189 g/mol. The van der Waals surface area contributed by atoms with Gasteiger partial charge >= 0.3 is 0 Å². The molecule has 0 atom stereocenters. The molecule has 1 N–H and O–H groups in total. The molecule has 0 aromatic heterocycles. The van der Waals surface area contributed by atoms with E-state index in [9.17, 15) is 4.79 Å². The van der Waals surface area contributed by atoms with E-state index in [2.05, 4.69) is 23.5 Å². The minimum Gasteiger partial charge on any atom is -0.355 e. The fourth-order valence-electron chi connectivity index (χ4n) is 2.06. The van der Waals surface area contributed by atoms with Crippen LogP contribution < -0.4 is 5.32 Å². The number of aryl methyl sites for hydroxylation is 2. The Labute approximate surface area is 84.3 Å². The van der Waals surface area contributed by atoms with Crippen molar-refractivity contribution < 1.29 is 4.79 Å². The van der Waals surface area contributed by atoms with E-state index < -0.39 is 0 Å². The highest BCUT2D eigenvalue weighted by atomic mass is 16.1. The summed E-state index contributed by atoms with van der Waals surface area (Å²) in [5, 5.41) is 2.69. The van der Waals surface area contributed by atoms with Crippen LogP contribution in [0.3, 0.4) is 0 Å². The van der Waals surface area contributed by atoms with Crippen LogP contribution in [0.5, 0.6) is 0 Å². The molecule has 0 aliphatic heterocycles. The van der Waals surface area contributed by atoms with Crippen LogP contribution in [0.4, 0.5) is 0 Å². The van der Waals surface area contributed by atoms with Gasteiger partial charge in [-0.25, -0.2) is 0 Å². The zero-order valence-electron chi connectivity index (χ0n) is 8.25. The SMILES string of the molecule is O=CNCc1ccc2c(c1)CCCC2. The topological polar surface area (TPSA) is 29.1 Å². The van der Waals surface area contributed by atoms with Crippen molar-refractivity contribution in [3.8, 4) is 0 Å². The molecule has 0 saturated carbocycles. The summed E-state index contributed by atoms with van der Waals surface area (Å²) in [5.41, 5.74) is 4.17. The summed E-state index contributed by atoms with van der Waals surface area (Å²) < 4.78 is 0. The maximum atomic E-state index is 10.2. The first kappa shape index (κ1) is 9.25. The number of hydrogen-bond acceptors (Lipinski definition) is 1. The van der Waals surface area contributed by atoms with Gasteiger partial charge in [0.05, 0.1) is 0 Å². The smallest absolute Gasteiger partial charge is 0.207 e. The molecule has 1 aliphatic carbocycles. The van der Waals surface area contributed by atoms with E-state index in [0.29, 0.717) is 6.54 Å². The van der Waals surface area contributed by atoms with Crippen LogP contribution in [0.1, 0.15) is 29.5 Å². The molecule has 2 rings (SSSR count). The molecule has 1 aliphatic rings. The molecule has 0 saturated heterocycles. The summed E-state index contributed by atoms with van der Waals surface area (Å²) in [5.74, 6) is 0. The third kappa shape index (κ3) is 1.95. The third-order valence-electron chi connectivity index (χ3n) is 2.80. The van der Waals surface area contributed by atoms with E-state index in [1.54, 1.807) is 0 Å². The van der Waals surface area contributed by atoms with Crippen LogP contribution in [-0.2, 0) is 24.2 Å². The molecule has 0 radical (unpaired) electrons. The number of nitrogens with one attached hydrogen (secondary N) is 1. The molecule has 1 aromatic rings. The van der Waals surface area contributed by atoms with Crippen molar-refractivity contribution in [2.75, 3.05) is 0 Å². The molecule has 2 nitrogen and oxygen atoms in total. The molecule has 1 amide bonds. The highest BCUT2D eigenvalue weighted by Crippen LogP contribution is 2.21. The highest BCUT2D eigenvalue weighted by Gasteiger charge is 2.08. The first-order valence-electron chi connectivity index (χ1n) is 5.18. The molecule has 0 heterocycles. The molecular weight excluding hydrogens is 174 g/mol. The van der Waals surface area contributed by atoms with Crippen molar-refractivity contribution in [3.05, 3.63) is 34.9 Å². The van der Waals surface area contributed by atoms with Crippen LogP contribution in [-0.4, -0.2) is 6.41 Å². The van der Waals surface area contributed by atoms with E-state index in [-0.39, 0.29) is 0 Å². The molecule has 0 fully saturated rings. The van der Waals surface area contributed by atoms with Crippen LogP contribution in [0, 0.1) is 0 Å². The van der Waals surface area contributed by atoms with Crippen molar-refractivity contribution >= 4 is 6.41 Å². The standard InChI is InChI=1S/C12H15NO/c14-9-13-8-10-5-6-11-3-1-2-4-12(11)7-10/h5-7,9H,1-4,8H2,(H,13,14). The highest BCUT2D eigenvalue weighted by molar-refractivity contribution is 5.46. The van der Waals surface area contributed by atoms with Crippen molar-refractivity contribution in [1.82, 2.24) is 5.32 Å². The summed E-state index contributed by atoms with van der Waals surface area (Å²) in [6, 6.07) is 6.54. The van der Waals surface area contributed by atoms with Crippen molar-refractivity contribution in [2.45, 2.75) is 32.2 Å². The van der Waals surface area contributed by atoms with Crippen molar-refractivity contribution in [2.24, 2.45) is 0 Å². The summed E-state index contributed by atoms with van der Waals surface area (Å²) in [6.07, 6.45) is 5.79.